The van der Waals surface area contributed by atoms with Gasteiger partial charge in [-0.3, -0.25) is 0 Å². The molecule has 7 heteroatoms. The van der Waals surface area contributed by atoms with Crippen LogP contribution in [0.2, 0.25) is 0 Å². The van der Waals surface area contributed by atoms with E-state index >= 15 is 0 Å². The summed E-state index contributed by atoms with van der Waals surface area (Å²) in [6.07, 6.45) is 0.865. The fourth-order valence-corrected chi connectivity index (χ4v) is 1.89. The van der Waals surface area contributed by atoms with Gasteiger partial charge in [-0.15, -0.1) is 0 Å². The van der Waals surface area contributed by atoms with Crippen molar-refractivity contribution in [2.75, 3.05) is 38.4 Å². The SMILES string of the molecule is COCCCNc1nc(N)c(C(=O)OC)s1. The Morgan fingerprint density at radius 2 is 2.31 bits per heavy atom. The summed E-state index contributed by atoms with van der Waals surface area (Å²) >= 11 is 1.19. The van der Waals surface area contributed by atoms with Crippen LogP contribution >= 0.6 is 11.3 Å². The Balaban J connectivity index is 2.52. The van der Waals surface area contributed by atoms with Crippen LogP contribution < -0.4 is 11.1 Å². The summed E-state index contributed by atoms with van der Waals surface area (Å²) in [4.78, 5) is 15.6. The number of methoxy groups -OCH3 is 2. The second-order valence-electron chi connectivity index (χ2n) is 3.00. The predicted molar refractivity (Wildman–Crippen MR) is 62.8 cm³/mol. The van der Waals surface area contributed by atoms with Gasteiger partial charge in [-0.05, 0) is 6.42 Å². The van der Waals surface area contributed by atoms with Gasteiger partial charge in [0.2, 0.25) is 0 Å². The van der Waals surface area contributed by atoms with Crippen molar-refractivity contribution >= 4 is 28.3 Å². The zero-order valence-corrected chi connectivity index (χ0v) is 10.1. The van der Waals surface area contributed by atoms with E-state index in [0.29, 0.717) is 16.6 Å². The van der Waals surface area contributed by atoms with Gasteiger partial charge >= 0.3 is 5.97 Å². The number of esters is 1. The molecule has 90 valence electrons. The maximum absolute atomic E-state index is 11.2. The lowest BCUT2D eigenvalue weighted by Gasteiger charge is -2.00. The Morgan fingerprint density at radius 3 is 2.94 bits per heavy atom. The molecule has 0 spiro atoms. The molecule has 1 aromatic rings. The minimum Gasteiger partial charge on any atom is -0.465 e. The molecule has 1 aromatic heterocycles. The molecule has 0 amide bonds. The highest BCUT2D eigenvalue weighted by atomic mass is 32.1. The first kappa shape index (κ1) is 12.7. The van der Waals surface area contributed by atoms with Crippen LogP contribution in [-0.2, 0) is 9.47 Å². The van der Waals surface area contributed by atoms with Gasteiger partial charge < -0.3 is 20.5 Å². The monoisotopic (exact) mass is 245 g/mol. The van der Waals surface area contributed by atoms with E-state index in [-0.39, 0.29) is 5.82 Å². The molecule has 0 atom stereocenters. The molecule has 6 nitrogen and oxygen atoms in total. The van der Waals surface area contributed by atoms with E-state index in [0.717, 1.165) is 13.0 Å². The number of carbonyl (C=O) groups is 1. The average Bonchev–Trinajstić information content (AvgIpc) is 2.65. The molecule has 0 aromatic carbocycles. The van der Waals surface area contributed by atoms with Gasteiger partial charge in [-0.25, -0.2) is 9.78 Å². The maximum atomic E-state index is 11.2. The topological polar surface area (TPSA) is 86.5 Å². The van der Waals surface area contributed by atoms with Crippen LogP contribution in [0.4, 0.5) is 10.9 Å². The van der Waals surface area contributed by atoms with Crippen LogP contribution in [-0.4, -0.2) is 38.3 Å². The summed E-state index contributed by atoms with van der Waals surface area (Å²) in [6.45, 7) is 1.40. The molecule has 16 heavy (non-hydrogen) atoms. The fourth-order valence-electron chi connectivity index (χ4n) is 1.06. The average molecular weight is 245 g/mol. The van der Waals surface area contributed by atoms with Crippen molar-refractivity contribution in [1.82, 2.24) is 4.98 Å². The lowest BCUT2D eigenvalue weighted by Crippen LogP contribution is -2.04. The molecule has 0 saturated carbocycles. The number of carbonyl (C=O) groups excluding carboxylic acids is 1. The van der Waals surface area contributed by atoms with Crippen molar-refractivity contribution in [2.24, 2.45) is 0 Å². The summed E-state index contributed by atoms with van der Waals surface area (Å²) in [6, 6.07) is 0. The third-order valence-corrected chi connectivity index (χ3v) is 2.83. The number of anilines is 2. The standard InChI is InChI=1S/C9H15N3O3S/c1-14-5-3-4-11-9-12-7(10)6(16-9)8(13)15-2/h3-5,10H2,1-2H3,(H,11,12). The van der Waals surface area contributed by atoms with Gasteiger partial charge in [-0.1, -0.05) is 11.3 Å². The van der Waals surface area contributed by atoms with Crippen LogP contribution in [0.1, 0.15) is 16.1 Å². The van der Waals surface area contributed by atoms with Gasteiger partial charge in [0.1, 0.15) is 0 Å². The Morgan fingerprint density at radius 1 is 1.56 bits per heavy atom. The summed E-state index contributed by atoms with van der Waals surface area (Å²) in [7, 11) is 2.96. The van der Waals surface area contributed by atoms with Crippen molar-refractivity contribution in [1.29, 1.82) is 0 Å². The number of hydrogen-bond acceptors (Lipinski definition) is 7. The Labute approximate surface area is 97.8 Å². The number of nitrogens with two attached hydrogens (primary N) is 1. The summed E-state index contributed by atoms with van der Waals surface area (Å²) in [5.74, 6) is -0.258. The maximum Gasteiger partial charge on any atom is 0.351 e. The highest BCUT2D eigenvalue weighted by Crippen LogP contribution is 2.25. The number of aromatic nitrogens is 1. The third kappa shape index (κ3) is 3.35. The Bertz CT molecular complexity index is 354. The van der Waals surface area contributed by atoms with Gasteiger partial charge in [0.05, 0.1) is 7.11 Å². The van der Waals surface area contributed by atoms with Crippen LogP contribution in [0.25, 0.3) is 0 Å². The minimum absolute atomic E-state index is 0.200. The number of hydrogen-bond donors (Lipinski definition) is 2. The molecular weight excluding hydrogens is 230 g/mol. The van der Waals surface area contributed by atoms with Crippen LogP contribution in [0, 0.1) is 0 Å². The number of thiazole rings is 1. The molecule has 0 bridgehead atoms. The first-order chi connectivity index (χ1) is 7.69. The van der Waals surface area contributed by atoms with E-state index in [1.165, 1.54) is 18.4 Å². The van der Waals surface area contributed by atoms with Crippen LogP contribution in [0.3, 0.4) is 0 Å². The number of rotatable bonds is 6. The van der Waals surface area contributed by atoms with Crippen LogP contribution in [0.15, 0.2) is 0 Å². The molecule has 0 fully saturated rings. The largest absolute Gasteiger partial charge is 0.465 e. The van der Waals surface area contributed by atoms with Gasteiger partial charge in [-0.2, -0.15) is 0 Å². The lowest BCUT2D eigenvalue weighted by molar-refractivity contribution is 0.0607. The normalized spacial score (nSPS) is 10.1. The summed E-state index contributed by atoms with van der Waals surface area (Å²) in [5, 5.41) is 3.68. The molecule has 3 N–H and O–H groups in total. The molecule has 0 aliphatic heterocycles. The molecule has 0 unspecified atom stereocenters. The molecule has 0 aliphatic rings. The first-order valence-electron chi connectivity index (χ1n) is 4.76. The zero-order valence-electron chi connectivity index (χ0n) is 9.28. The van der Waals surface area contributed by atoms with Gasteiger partial charge in [0, 0.05) is 20.3 Å². The molecule has 0 saturated heterocycles. The van der Waals surface area contributed by atoms with E-state index in [1.807, 2.05) is 0 Å². The number of nitrogens with zero attached hydrogens (tertiary/aromatic N) is 1. The van der Waals surface area contributed by atoms with E-state index in [4.69, 9.17) is 10.5 Å². The van der Waals surface area contributed by atoms with Crippen molar-refractivity contribution < 1.29 is 14.3 Å². The number of nitrogens with one attached hydrogen (secondary N) is 1. The van der Waals surface area contributed by atoms with Gasteiger partial charge in [0.15, 0.2) is 15.8 Å². The van der Waals surface area contributed by atoms with Crippen molar-refractivity contribution in [3.63, 3.8) is 0 Å². The van der Waals surface area contributed by atoms with Crippen molar-refractivity contribution in [3.05, 3.63) is 4.88 Å². The molecule has 0 aliphatic carbocycles. The van der Waals surface area contributed by atoms with Crippen molar-refractivity contribution in [2.45, 2.75) is 6.42 Å². The van der Waals surface area contributed by atoms with E-state index in [9.17, 15) is 4.79 Å². The molecule has 0 radical (unpaired) electrons. The zero-order chi connectivity index (χ0) is 12.0. The summed E-state index contributed by atoms with van der Waals surface area (Å²) in [5.41, 5.74) is 5.58. The molecular formula is C9H15N3O3S. The van der Waals surface area contributed by atoms with Crippen molar-refractivity contribution in [3.8, 4) is 0 Å². The van der Waals surface area contributed by atoms with Gasteiger partial charge in [0.25, 0.3) is 0 Å². The van der Waals surface area contributed by atoms with E-state index in [2.05, 4.69) is 15.0 Å². The van der Waals surface area contributed by atoms with Crippen LogP contribution in [0.5, 0.6) is 0 Å². The minimum atomic E-state index is -0.458. The van der Waals surface area contributed by atoms with E-state index < -0.39 is 5.97 Å². The third-order valence-electron chi connectivity index (χ3n) is 1.83. The number of ether oxygens (including phenoxy) is 2. The second-order valence-corrected chi connectivity index (χ2v) is 4.00. The summed E-state index contributed by atoms with van der Waals surface area (Å²) < 4.78 is 9.49. The van der Waals surface area contributed by atoms with E-state index in [1.54, 1.807) is 7.11 Å². The second kappa shape index (κ2) is 6.29. The molecule has 1 heterocycles. The first-order valence-corrected chi connectivity index (χ1v) is 5.58. The predicted octanol–water partition coefficient (Wildman–Crippen LogP) is 0.960. The Hall–Kier alpha value is -1.34. The highest BCUT2D eigenvalue weighted by Gasteiger charge is 2.15. The fraction of sp³-hybridized carbons (Fsp3) is 0.556. The lowest BCUT2D eigenvalue weighted by atomic mass is 10.4. The number of nitrogen functional groups attached to an aromatic ring is 1. The Kier molecular flexibility index (Phi) is 5.00. The quantitative estimate of drug-likeness (QED) is 0.573. The molecule has 1 rings (SSSR count). The highest BCUT2D eigenvalue weighted by molar-refractivity contribution is 7.17. The smallest absolute Gasteiger partial charge is 0.351 e.